The highest BCUT2D eigenvalue weighted by Crippen LogP contribution is 2.30. The summed E-state index contributed by atoms with van der Waals surface area (Å²) >= 11 is 1.57. The third-order valence-corrected chi connectivity index (χ3v) is 3.25. The van der Waals surface area contributed by atoms with Crippen LogP contribution in [-0.2, 0) is 4.79 Å². The van der Waals surface area contributed by atoms with Gasteiger partial charge < -0.3 is 0 Å². The van der Waals surface area contributed by atoms with E-state index in [9.17, 15) is 4.79 Å². The molecule has 0 aliphatic heterocycles. The molecule has 12 heavy (non-hydrogen) atoms. The van der Waals surface area contributed by atoms with Gasteiger partial charge in [-0.25, -0.2) is 0 Å². The van der Waals surface area contributed by atoms with Gasteiger partial charge in [0, 0.05) is 11.7 Å². The molecular formula is C10H20OS. The van der Waals surface area contributed by atoms with Crippen molar-refractivity contribution < 1.29 is 4.79 Å². The highest BCUT2D eigenvalue weighted by molar-refractivity contribution is 8.14. The summed E-state index contributed by atoms with van der Waals surface area (Å²) in [6.45, 7) is 5.93. The van der Waals surface area contributed by atoms with Crippen molar-refractivity contribution in [1.29, 1.82) is 0 Å². The van der Waals surface area contributed by atoms with E-state index in [4.69, 9.17) is 0 Å². The molecule has 1 saturated carbocycles. The molecule has 0 heterocycles. The summed E-state index contributed by atoms with van der Waals surface area (Å²) in [5.41, 5.74) is 0. The van der Waals surface area contributed by atoms with Crippen molar-refractivity contribution in [3.63, 3.8) is 0 Å². The first-order valence-corrected chi connectivity index (χ1v) is 5.90. The summed E-state index contributed by atoms with van der Waals surface area (Å²) in [6.07, 6.45) is 5.87. The van der Waals surface area contributed by atoms with Crippen LogP contribution in [0.25, 0.3) is 0 Å². The molecule has 1 fully saturated rings. The maximum Gasteiger partial charge on any atom is 0.188 e. The van der Waals surface area contributed by atoms with Gasteiger partial charge in [-0.2, -0.15) is 0 Å². The lowest BCUT2D eigenvalue weighted by Gasteiger charge is -2.04. The predicted octanol–water partition coefficient (Wildman–Crippen LogP) is 3.63. The standard InChI is InChI=1S/C8H14OS.C2H6/c1-2-8(9)10-7-5-3-4-6-7;1-2/h7H,2-6H2,1H3;1-2H3. The van der Waals surface area contributed by atoms with Gasteiger partial charge in [-0.3, -0.25) is 4.79 Å². The largest absolute Gasteiger partial charge is 0.287 e. The Bertz CT molecular complexity index is 117. The van der Waals surface area contributed by atoms with E-state index in [1.807, 2.05) is 20.8 Å². The van der Waals surface area contributed by atoms with Crippen molar-refractivity contribution in [3.05, 3.63) is 0 Å². The van der Waals surface area contributed by atoms with Crippen molar-refractivity contribution in [2.24, 2.45) is 0 Å². The topological polar surface area (TPSA) is 17.1 Å². The number of carbonyl (C=O) groups excluding carboxylic acids is 1. The Morgan fingerprint density at radius 1 is 1.33 bits per heavy atom. The van der Waals surface area contributed by atoms with Crippen molar-refractivity contribution in [2.75, 3.05) is 0 Å². The lowest BCUT2D eigenvalue weighted by Crippen LogP contribution is -1.99. The SMILES string of the molecule is CC.CCC(=O)SC1CCCC1. The van der Waals surface area contributed by atoms with Crippen LogP contribution in [0.1, 0.15) is 52.9 Å². The quantitative estimate of drug-likeness (QED) is 0.658. The molecular weight excluding hydrogens is 168 g/mol. The molecule has 0 spiro atoms. The fourth-order valence-corrected chi connectivity index (χ4v) is 2.38. The molecule has 0 unspecified atom stereocenters. The van der Waals surface area contributed by atoms with E-state index in [1.165, 1.54) is 25.7 Å². The molecule has 0 saturated heterocycles. The van der Waals surface area contributed by atoms with Gasteiger partial charge in [0.05, 0.1) is 0 Å². The molecule has 1 aliphatic rings. The maximum absolute atomic E-state index is 10.9. The Labute approximate surface area is 80.3 Å². The van der Waals surface area contributed by atoms with Gasteiger partial charge in [0.2, 0.25) is 0 Å². The maximum atomic E-state index is 10.9. The van der Waals surface area contributed by atoms with E-state index in [1.54, 1.807) is 11.8 Å². The average Bonchev–Trinajstić information content (AvgIpc) is 2.60. The van der Waals surface area contributed by atoms with Crippen LogP contribution in [-0.4, -0.2) is 10.4 Å². The molecule has 0 radical (unpaired) electrons. The zero-order valence-corrected chi connectivity index (χ0v) is 9.25. The van der Waals surface area contributed by atoms with Crippen molar-refractivity contribution in [3.8, 4) is 0 Å². The van der Waals surface area contributed by atoms with Crippen molar-refractivity contribution in [1.82, 2.24) is 0 Å². The lowest BCUT2D eigenvalue weighted by atomic mass is 10.4. The van der Waals surface area contributed by atoms with Crippen LogP contribution in [0.15, 0.2) is 0 Å². The second-order valence-corrected chi connectivity index (χ2v) is 4.11. The second kappa shape index (κ2) is 7.66. The molecule has 0 N–H and O–H groups in total. The molecule has 0 atom stereocenters. The van der Waals surface area contributed by atoms with Gasteiger partial charge in [0.1, 0.15) is 0 Å². The zero-order chi connectivity index (χ0) is 9.40. The Morgan fingerprint density at radius 2 is 1.83 bits per heavy atom. The second-order valence-electron chi connectivity index (χ2n) is 2.75. The van der Waals surface area contributed by atoms with Crippen LogP contribution in [0.5, 0.6) is 0 Å². The molecule has 72 valence electrons. The molecule has 1 rings (SSSR count). The molecule has 2 heteroatoms. The van der Waals surface area contributed by atoms with Gasteiger partial charge in [0.15, 0.2) is 5.12 Å². The molecule has 1 nitrogen and oxygen atoms in total. The van der Waals surface area contributed by atoms with Gasteiger partial charge in [-0.1, -0.05) is 45.4 Å². The summed E-state index contributed by atoms with van der Waals surface area (Å²) in [7, 11) is 0. The molecule has 0 bridgehead atoms. The van der Waals surface area contributed by atoms with Crippen LogP contribution in [0.4, 0.5) is 0 Å². The summed E-state index contributed by atoms with van der Waals surface area (Å²) < 4.78 is 0. The highest BCUT2D eigenvalue weighted by Gasteiger charge is 2.17. The third kappa shape index (κ3) is 4.81. The Kier molecular flexibility index (Phi) is 7.67. The van der Waals surface area contributed by atoms with Crippen LogP contribution < -0.4 is 0 Å². The number of carbonyl (C=O) groups is 1. The van der Waals surface area contributed by atoms with E-state index >= 15 is 0 Å². The van der Waals surface area contributed by atoms with E-state index in [0.717, 1.165) is 0 Å². The zero-order valence-electron chi connectivity index (χ0n) is 8.43. The average molecular weight is 188 g/mol. The smallest absolute Gasteiger partial charge is 0.188 e. The summed E-state index contributed by atoms with van der Waals surface area (Å²) in [4.78, 5) is 10.9. The van der Waals surface area contributed by atoms with Gasteiger partial charge in [-0.15, -0.1) is 0 Å². The number of rotatable bonds is 2. The minimum Gasteiger partial charge on any atom is -0.287 e. The summed E-state index contributed by atoms with van der Waals surface area (Å²) in [5.74, 6) is 0. The number of hydrogen-bond donors (Lipinski definition) is 0. The van der Waals surface area contributed by atoms with E-state index < -0.39 is 0 Å². The number of thioether (sulfide) groups is 1. The van der Waals surface area contributed by atoms with Crippen LogP contribution >= 0.6 is 11.8 Å². The first-order valence-electron chi connectivity index (χ1n) is 5.02. The lowest BCUT2D eigenvalue weighted by molar-refractivity contribution is -0.110. The summed E-state index contributed by atoms with van der Waals surface area (Å²) in [5, 5.41) is 1.03. The van der Waals surface area contributed by atoms with E-state index in [-0.39, 0.29) is 0 Å². The van der Waals surface area contributed by atoms with Gasteiger partial charge in [0.25, 0.3) is 0 Å². The van der Waals surface area contributed by atoms with E-state index in [2.05, 4.69) is 0 Å². The van der Waals surface area contributed by atoms with Crippen molar-refractivity contribution >= 4 is 16.9 Å². The molecule has 0 aromatic carbocycles. The van der Waals surface area contributed by atoms with Gasteiger partial charge >= 0.3 is 0 Å². The minimum absolute atomic E-state index is 0.368. The van der Waals surface area contributed by atoms with Gasteiger partial charge in [-0.05, 0) is 12.8 Å². The minimum atomic E-state index is 0.368. The molecule has 0 amide bonds. The van der Waals surface area contributed by atoms with E-state index in [0.29, 0.717) is 16.8 Å². The fraction of sp³-hybridized carbons (Fsp3) is 0.900. The van der Waals surface area contributed by atoms with Crippen molar-refractivity contribution in [2.45, 2.75) is 58.1 Å². The Morgan fingerprint density at radius 3 is 2.25 bits per heavy atom. The van der Waals surface area contributed by atoms with Crippen LogP contribution in [0.3, 0.4) is 0 Å². The molecule has 1 aliphatic carbocycles. The summed E-state index contributed by atoms with van der Waals surface area (Å²) in [6, 6.07) is 0. The number of hydrogen-bond acceptors (Lipinski definition) is 2. The molecule has 0 aromatic rings. The monoisotopic (exact) mass is 188 g/mol. The normalized spacial score (nSPS) is 16.9. The van der Waals surface area contributed by atoms with Crippen LogP contribution in [0, 0.1) is 0 Å². The fourth-order valence-electron chi connectivity index (χ4n) is 1.28. The Balaban J connectivity index is 0.000000561. The molecule has 0 aromatic heterocycles. The first-order chi connectivity index (χ1) is 5.83. The predicted molar refractivity (Wildman–Crippen MR) is 56.5 cm³/mol. The Hall–Kier alpha value is 0.0200. The first kappa shape index (κ1) is 12.0. The van der Waals surface area contributed by atoms with Crippen LogP contribution in [0.2, 0.25) is 0 Å². The highest BCUT2D eigenvalue weighted by atomic mass is 32.2. The third-order valence-electron chi connectivity index (χ3n) is 1.89.